The highest BCUT2D eigenvalue weighted by atomic mass is 16.5. The van der Waals surface area contributed by atoms with Gasteiger partial charge in [-0.3, -0.25) is 9.59 Å². The SMILES string of the molecule is O=C(Cc1ccccc1)N[C@H](CCC(=O)N1CCOCC1)C(=O)O. The molecule has 0 aliphatic carbocycles. The Morgan fingerprint density at radius 3 is 2.46 bits per heavy atom. The monoisotopic (exact) mass is 334 g/mol. The Morgan fingerprint density at radius 1 is 1.17 bits per heavy atom. The molecule has 0 unspecified atom stereocenters. The van der Waals surface area contributed by atoms with Gasteiger partial charge in [-0.05, 0) is 12.0 Å². The molecule has 2 rings (SSSR count). The van der Waals surface area contributed by atoms with E-state index in [1.165, 1.54) is 0 Å². The minimum atomic E-state index is -1.13. The Labute approximate surface area is 140 Å². The largest absolute Gasteiger partial charge is 0.480 e. The van der Waals surface area contributed by atoms with E-state index in [9.17, 15) is 19.5 Å². The first-order chi connectivity index (χ1) is 11.6. The van der Waals surface area contributed by atoms with Crippen molar-refractivity contribution < 1.29 is 24.2 Å². The molecule has 7 heteroatoms. The van der Waals surface area contributed by atoms with Gasteiger partial charge in [0.2, 0.25) is 11.8 Å². The number of rotatable bonds is 7. The number of carbonyl (C=O) groups excluding carboxylic acids is 2. The van der Waals surface area contributed by atoms with E-state index in [1.807, 2.05) is 18.2 Å². The summed E-state index contributed by atoms with van der Waals surface area (Å²) < 4.78 is 5.18. The molecule has 1 heterocycles. The molecule has 1 aliphatic rings. The summed E-state index contributed by atoms with van der Waals surface area (Å²) in [5.41, 5.74) is 0.809. The quantitative estimate of drug-likeness (QED) is 0.754. The maximum atomic E-state index is 12.1. The first-order valence-corrected chi connectivity index (χ1v) is 7.98. The zero-order valence-electron chi connectivity index (χ0n) is 13.4. The van der Waals surface area contributed by atoms with Gasteiger partial charge in [0, 0.05) is 19.5 Å². The summed E-state index contributed by atoms with van der Waals surface area (Å²) in [5, 5.41) is 11.7. The Kier molecular flexibility index (Phi) is 6.74. The highest BCUT2D eigenvalue weighted by Gasteiger charge is 2.23. The lowest BCUT2D eigenvalue weighted by Crippen LogP contribution is -2.44. The Balaban J connectivity index is 1.81. The molecule has 2 amide bonds. The van der Waals surface area contributed by atoms with Crippen molar-refractivity contribution in [3.05, 3.63) is 35.9 Å². The van der Waals surface area contributed by atoms with Crippen molar-refractivity contribution in [3.63, 3.8) is 0 Å². The smallest absolute Gasteiger partial charge is 0.326 e. The number of aliphatic carboxylic acids is 1. The second kappa shape index (κ2) is 9.02. The molecule has 24 heavy (non-hydrogen) atoms. The van der Waals surface area contributed by atoms with Gasteiger partial charge < -0.3 is 20.1 Å². The molecular formula is C17H22N2O5. The molecular weight excluding hydrogens is 312 g/mol. The fourth-order valence-electron chi connectivity index (χ4n) is 2.52. The zero-order valence-corrected chi connectivity index (χ0v) is 13.4. The number of nitrogens with one attached hydrogen (secondary N) is 1. The van der Waals surface area contributed by atoms with Crippen molar-refractivity contribution in [2.75, 3.05) is 26.3 Å². The van der Waals surface area contributed by atoms with Crippen molar-refractivity contribution in [1.82, 2.24) is 10.2 Å². The summed E-state index contributed by atoms with van der Waals surface area (Å²) in [6, 6.07) is 8.02. The van der Waals surface area contributed by atoms with Crippen molar-refractivity contribution in [2.24, 2.45) is 0 Å². The third-order valence-electron chi connectivity index (χ3n) is 3.85. The van der Waals surface area contributed by atoms with Crippen LogP contribution in [0.2, 0.25) is 0 Å². The average Bonchev–Trinajstić information content (AvgIpc) is 2.59. The molecule has 1 fully saturated rings. The van der Waals surface area contributed by atoms with Crippen LogP contribution in [0, 0.1) is 0 Å². The van der Waals surface area contributed by atoms with Crippen LogP contribution in [0.15, 0.2) is 30.3 Å². The summed E-state index contributed by atoms with van der Waals surface area (Å²) >= 11 is 0. The number of amides is 2. The number of carboxylic acid groups (broad SMARTS) is 1. The standard InChI is InChI=1S/C17H22N2O5/c20-15(12-13-4-2-1-3-5-13)18-14(17(22)23)6-7-16(21)19-8-10-24-11-9-19/h1-5,14H,6-12H2,(H,18,20)(H,22,23)/t14-/m1/s1. The molecule has 7 nitrogen and oxygen atoms in total. The number of morpholine rings is 1. The van der Waals surface area contributed by atoms with Crippen molar-refractivity contribution in [2.45, 2.75) is 25.3 Å². The molecule has 0 bridgehead atoms. The predicted molar refractivity (Wildman–Crippen MR) is 86.3 cm³/mol. The molecule has 0 saturated carbocycles. The third kappa shape index (κ3) is 5.66. The number of hydrogen-bond donors (Lipinski definition) is 2. The van der Waals surface area contributed by atoms with Crippen LogP contribution in [0.5, 0.6) is 0 Å². The summed E-state index contributed by atoms with van der Waals surface area (Å²) in [5.74, 6) is -1.61. The van der Waals surface area contributed by atoms with Gasteiger partial charge in [-0.1, -0.05) is 30.3 Å². The number of hydrogen-bond acceptors (Lipinski definition) is 4. The van der Waals surface area contributed by atoms with Crippen molar-refractivity contribution in [1.29, 1.82) is 0 Å². The molecule has 1 saturated heterocycles. The van der Waals surface area contributed by atoms with Crippen LogP contribution >= 0.6 is 0 Å². The Hall–Kier alpha value is -2.41. The Bertz CT molecular complexity index is 570. The Morgan fingerprint density at radius 2 is 1.83 bits per heavy atom. The number of carbonyl (C=O) groups is 3. The first kappa shape index (κ1) is 17.9. The number of benzene rings is 1. The minimum Gasteiger partial charge on any atom is -0.480 e. The number of ether oxygens (including phenoxy) is 1. The summed E-state index contributed by atoms with van der Waals surface area (Å²) in [4.78, 5) is 37.0. The molecule has 130 valence electrons. The number of nitrogens with zero attached hydrogens (tertiary/aromatic N) is 1. The van der Waals surface area contributed by atoms with Crippen LogP contribution in [0.25, 0.3) is 0 Å². The molecule has 0 spiro atoms. The van der Waals surface area contributed by atoms with Crippen LogP contribution < -0.4 is 5.32 Å². The van der Waals surface area contributed by atoms with E-state index < -0.39 is 12.0 Å². The van der Waals surface area contributed by atoms with E-state index in [4.69, 9.17) is 4.74 Å². The molecule has 1 aromatic rings. The molecule has 1 aliphatic heterocycles. The second-order valence-corrected chi connectivity index (χ2v) is 5.65. The van der Waals surface area contributed by atoms with E-state index in [-0.39, 0.29) is 31.1 Å². The highest BCUT2D eigenvalue weighted by molar-refractivity contribution is 5.85. The lowest BCUT2D eigenvalue weighted by atomic mass is 10.1. The number of carboxylic acids is 1. The molecule has 0 aromatic heterocycles. The van der Waals surface area contributed by atoms with Crippen LogP contribution in [0.3, 0.4) is 0 Å². The van der Waals surface area contributed by atoms with E-state index in [0.717, 1.165) is 5.56 Å². The lowest BCUT2D eigenvalue weighted by Gasteiger charge is -2.27. The highest BCUT2D eigenvalue weighted by Crippen LogP contribution is 2.06. The van der Waals surface area contributed by atoms with Gasteiger partial charge in [-0.2, -0.15) is 0 Å². The maximum Gasteiger partial charge on any atom is 0.326 e. The molecule has 1 aromatic carbocycles. The van der Waals surface area contributed by atoms with Gasteiger partial charge in [0.05, 0.1) is 19.6 Å². The van der Waals surface area contributed by atoms with E-state index >= 15 is 0 Å². The van der Waals surface area contributed by atoms with Gasteiger partial charge in [0.15, 0.2) is 0 Å². The zero-order chi connectivity index (χ0) is 17.4. The normalized spacial score (nSPS) is 15.6. The van der Waals surface area contributed by atoms with Gasteiger partial charge in [-0.25, -0.2) is 4.79 Å². The van der Waals surface area contributed by atoms with Crippen LogP contribution in [-0.2, 0) is 25.5 Å². The third-order valence-corrected chi connectivity index (χ3v) is 3.85. The van der Waals surface area contributed by atoms with E-state index in [2.05, 4.69) is 5.32 Å². The van der Waals surface area contributed by atoms with Crippen molar-refractivity contribution >= 4 is 17.8 Å². The first-order valence-electron chi connectivity index (χ1n) is 7.98. The van der Waals surface area contributed by atoms with Gasteiger partial charge >= 0.3 is 5.97 Å². The molecule has 2 N–H and O–H groups in total. The molecule has 0 radical (unpaired) electrons. The fourth-order valence-corrected chi connectivity index (χ4v) is 2.52. The summed E-state index contributed by atoms with van der Waals surface area (Å²) in [7, 11) is 0. The average molecular weight is 334 g/mol. The van der Waals surface area contributed by atoms with Gasteiger partial charge in [0.25, 0.3) is 0 Å². The van der Waals surface area contributed by atoms with E-state index in [0.29, 0.717) is 26.3 Å². The topological polar surface area (TPSA) is 95.9 Å². The summed E-state index contributed by atoms with van der Waals surface area (Å²) in [6.07, 6.45) is 0.274. The molecule has 1 atom stereocenters. The lowest BCUT2D eigenvalue weighted by molar-refractivity contribution is -0.142. The maximum absolute atomic E-state index is 12.1. The van der Waals surface area contributed by atoms with Crippen LogP contribution in [0.4, 0.5) is 0 Å². The van der Waals surface area contributed by atoms with Crippen LogP contribution in [-0.4, -0.2) is 60.1 Å². The van der Waals surface area contributed by atoms with Crippen molar-refractivity contribution in [3.8, 4) is 0 Å². The van der Waals surface area contributed by atoms with E-state index in [1.54, 1.807) is 17.0 Å². The van der Waals surface area contributed by atoms with Crippen LogP contribution in [0.1, 0.15) is 18.4 Å². The fraction of sp³-hybridized carbons (Fsp3) is 0.471. The van der Waals surface area contributed by atoms with Gasteiger partial charge in [-0.15, -0.1) is 0 Å². The second-order valence-electron chi connectivity index (χ2n) is 5.65. The van der Waals surface area contributed by atoms with Gasteiger partial charge in [0.1, 0.15) is 6.04 Å². The summed E-state index contributed by atoms with van der Waals surface area (Å²) in [6.45, 7) is 2.05. The minimum absolute atomic E-state index is 0.0754. The predicted octanol–water partition coefficient (Wildman–Crippen LogP) is 0.438.